The molecule has 5 N–H and O–H groups in total. The van der Waals surface area contributed by atoms with Gasteiger partial charge in [-0.3, -0.25) is 9.59 Å². The van der Waals surface area contributed by atoms with Crippen LogP contribution in [0.5, 0.6) is 5.75 Å². The molecule has 0 heterocycles. The quantitative estimate of drug-likeness (QED) is 0.418. The van der Waals surface area contributed by atoms with Gasteiger partial charge in [-0.05, 0) is 23.3 Å². The molecule has 0 aliphatic rings. The van der Waals surface area contributed by atoms with Crippen LogP contribution in [0, 0.1) is 0 Å². The highest BCUT2D eigenvalue weighted by Crippen LogP contribution is 2.14. The normalized spacial score (nSPS) is 12.3. The van der Waals surface area contributed by atoms with Crippen molar-refractivity contribution in [2.45, 2.75) is 31.6 Å². The van der Waals surface area contributed by atoms with Crippen molar-refractivity contribution in [2.24, 2.45) is 5.73 Å². The van der Waals surface area contributed by atoms with Crippen molar-refractivity contribution >= 4 is 17.9 Å². The van der Waals surface area contributed by atoms with Crippen LogP contribution in [-0.4, -0.2) is 48.8 Å². The molecule has 0 radical (unpaired) electrons. The number of alkyl carbamates (subject to hydrolysis) is 1. The Morgan fingerprint density at radius 3 is 2.45 bits per heavy atom. The summed E-state index contributed by atoms with van der Waals surface area (Å²) in [4.78, 5) is 35.6. The van der Waals surface area contributed by atoms with Crippen LogP contribution in [0.3, 0.4) is 0 Å². The first-order valence-electron chi connectivity index (χ1n) is 9.71. The lowest BCUT2D eigenvalue weighted by Gasteiger charge is -2.18. The second-order valence-electron chi connectivity index (χ2n) is 6.88. The van der Waals surface area contributed by atoms with E-state index in [4.69, 9.17) is 15.2 Å². The number of hydrogen-bond acceptors (Lipinski definition) is 6. The van der Waals surface area contributed by atoms with Crippen LogP contribution < -0.4 is 21.1 Å². The molecule has 0 unspecified atom stereocenters. The van der Waals surface area contributed by atoms with Gasteiger partial charge in [-0.15, -0.1) is 0 Å². The first-order valence-corrected chi connectivity index (χ1v) is 9.71. The van der Waals surface area contributed by atoms with E-state index in [1.54, 1.807) is 24.3 Å². The van der Waals surface area contributed by atoms with Gasteiger partial charge < -0.3 is 30.9 Å². The van der Waals surface area contributed by atoms with E-state index < -0.39 is 30.1 Å². The maximum atomic E-state index is 12.2. The molecule has 9 nitrogen and oxygen atoms in total. The first kappa shape index (κ1) is 23.7. The van der Waals surface area contributed by atoms with E-state index >= 15 is 0 Å². The number of nitrogens with one attached hydrogen (secondary N) is 2. The van der Waals surface area contributed by atoms with Crippen molar-refractivity contribution in [1.29, 1.82) is 0 Å². The lowest BCUT2D eigenvalue weighted by atomic mass is 10.0. The number of benzene rings is 2. The van der Waals surface area contributed by atoms with E-state index in [1.165, 1.54) is 7.11 Å². The van der Waals surface area contributed by atoms with Crippen molar-refractivity contribution in [3.8, 4) is 5.75 Å². The summed E-state index contributed by atoms with van der Waals surface area (Å²) < 4.78 is 10.2. The van der Waals surface area contributed by atoms with Gasteiger partial charge >= 0.3 is 6.09 Å². The Morgan fingerprint density at radius 2 is 1.77 bits per heavy atom. The van der Waals surface area contributed by atoms with Crippen LogP contribution in [-0.2, 0) is 27.4 Å². The molecule has 0 bridgehead atoms. The summed E-state index contributed by atoms with van der Waals surface area (Å²) in [7, 11) is 1.53. The summed E-state index contributed by atoms with van der Waals surface area (Å²) in [5.74, 6) is -0.653. The van der Waals surface area contributed by atoms with Gasteiger partial charge in [-0.2, -0.15) is 0 Å². The van der Waals surface area contributed by atoms with Gasteiger partial charge in [0.2, 0.25) is 11.8 Å². The zero-order valence-electron chi connectivity index (χ0n) is 17.2. The van der Waals surface area contributed by atoms with Crippen molar-refractivity contribution in [1.82, 2.24) is 10.6 Å². The number of carbonyl (C=O) groups is 3. The fourth-order valence-corrected chi connectivity index (χ4v) is 2.77. The number of methoxy groups -OCH3 is 1. The molecule has 9 heteroatoms. The topological polar surface area (TPSA) is 140 Å². The first-order chi connectivity index (χ1) is 14.9. The molecule has 31 heavy (non-hydrogen) atoms. The standard InChI is InChI=1S/C22H27N3O6/c1-30-18-9-5-8-16(10-18)11-19(21(23)28)25-20(27)12-17(26)13-24-22(29)31-14-15-6-3-2-4-7-15/h2-10,17,19,26H,11-14H2,1H3,(H2,23,28)(H,24,29)(H,25,27)/t17-,19+/m1/s1. The second-order valence-corrected chi connectivity index (χ2v) is 6.88. The molecule has 2 aromatic rings. The van der Waals surface area contributed by atoms with E-state index in [0.29, 0.717) is 5.75 Å². The number of aliphatic hydroxyl groups is 1. The number of ether oxygens (including phenoxy) is 2. The minimum atomic E-state index is -1.16. The number of nitrogens with two attached hydrogens (primary N) is 1. The highest BCUT2D eigenvalue weighted by molar-refractivity contribution is 5.87. The van der Waals surface area contributed by atoms with Gasteiger partial charge in [-0.1, -0.05) is 42.5 Å². The van der Waals surface area contributed by atoms with Crippen LogP contribution in [0.15, 0.2) is 54.6 Å². The average Bonchev–Trinajstić information content (AvgIpc) is 2.76. The third-order valence-electron chi connectivity index (χ3n) is 4.37. The molecule has 0 aromatic heterocycles. The Hall–Kier alpha value is -3.59. The molecule has 0 aliphatic carbocycles. The third-order valence-corrected chi connectivity index (χ3v) is 4.37. The molecule has 0 fully saturated rings. The van der Waals surface area contributed by atoms with Crippen molar-refractivity contribution in [2.75, 3.05) is 13.7 Å². The summed E-state index contributed by atoms with van der Waals surface area (Å²) in [6.45, 7) is -0.0913. The maximum absolute atomic E-state index is 12.2. The zero-order valence-corrected chi connectivity index (χ0v) is 17.2. The highest BCUT2D eigenvalue weighted by Gasteiger charge is 2.21. The van der Waals surface area contributed by atoms with E-state index in [0.717, 1.165) is 11.1 Å². The minimum Gasteiger partial charge on any atom is -0.497 e. The average molecular weight is 429 g/mol. The van der Waals surface area contributed by atoms with Gasteiger partial charge in [-0.25, -0.2) is 4.79 Å². The number of rotatable bonds is 11. The Labute approximate surface area is 180 Å². The van der Waals surface area contributed by atoms with Crippen molar-refractivity contribution in [3.63, 3.8) is 0 Å². The lowest BCUT2D eigenvalue weighted by Crippen LogP contribution is -2.47. The molecule has 0 spiro atoms. The highest BCUT2D eigenvalue weighted by atomic mass is 16.5. The van der Waals surface area contributed by atoms with Crippen LogP contribution in [0.2, 0.25) is 0 Å². The fourth-order valence-electron chi connectivity index (χ4n) is 2.77. The fraction of sp³-hybridized carbons (Fsp3) is 0.318. The summed E-state index contributed by atoms with van der Waals surface area (Å²) in [6.07, 6.45) is -2.01. The lowest BCUT2D eigenvalue weighted by molar-refractivity contribution is -0.128. The maximum Gasteiger partial charge on any atom is 0.407 e. The number of primary amides is 1. The van der Waals surface area contributed by atoms with Crippen LogP contribution in [0.4, 0.5) is 4.79 Å². The summed E-state index contributed by atoms with van der Waals surface area (Å²) in [5.41, 5.74) is 6.97. The van der Waals surface area contributed by atoms with E-state index in [2.05, 4.69) is 10.6 Å². The predicted molar refractivity (Wildman–Crippen MR) is 113 cm³/mol. The van der Waals surface area contributed by atoms with E-state index in [-0.39, 0.29) is 26.0 Å². The van der Waals surface area contributed by atoms with Crippen LogP contribution in [0.1, 0.15) is 17.5 Å². The zero-order chi connectivity index (χ0) is 22.6. The van der Waals surface area contributed by atoms with Crippen LogP contribution in [0.25, 0.3) is 0 Å². The molecule has 2 aromatic carbocycles. The Kier molecular flexibility index (Phi) is 9.31. The molecule has 2 atom stereocenters. The van der Waals surface area contributed by atoms with Gasteiger partial charge in [0.25, 0.3) is 0 Å². The molecule has 166 valence electrons. The summed E-state index contributed by atoms with van der Waals surface area (Å²) >= 11 is 0. The molecule has 0 saturated heterocycles. The summed E-state index contributed by atoms with van der Waals surface area (Å²) in [6, 6.07) is 15.2. The van der Waals surface area contributed by atoms with Gasteiger partial charge in [0.05, 0.1) is 19.6 Å². The Bertz CT molecular complexity index is 875. The van der Waals surface area contributed by atoms with Gasteiger partial charge in [0.1, 0.15) is 18.4 Å². The number of aliphatic hydroxyl groups excluding tert-OH is 1. The number of amides is 3. The van der Waals surface area contributed by atoms with E-state index in [9.17, 15) is 19.5 Å². The predicted octanol–water partition coefficient (Wildman–Crippen LogP) is 0.885. The molecule has 2 rings (SSSR count). The molecular weight excluding hydrogens is 402 g/mol. The second kappa shape index (κ2) is 12.2. The molecule has 3 amide bonds. The smallest absolute Gasteiger partial charge is 0.407 e. The van der Waals surface area contributed by atoms with Crippen LogP contribution >= 0.6 is 0 Å². The molecule has 0 aliphatic heterocycles. The number of carbonyl (C=O) groups excluding carboxylic acids is 3. The van der Waals surface area contributed by atoms with Crippen molar-refractivity contribution < 1.29 is 29.0 Å². The third kappa shape index (κ3) is 8.75. The molecular formula is C22H27N3O6. The Morgan fingerprint density at radius 1 is 1.06 bits per heavy atom. The van der Waals surface area contributed by atoms with Crippen molar-refractivity contribution in [3.05, 3.63) is 65.7 Å². The van der Waals surface area contributed by atoms with E-state index in [1.807, 2.05) is 30.3 Å². The number of hydrogen-bond donors (Lipinski definition) is 4. The summed E-state index contributed by atoms with van der Waals surface area (Å²) in [5, 5.41) is 14.9. The van der Waals surface area contributed by atoms with Gasteiger partial charge in [0, 0.05) is 13.0 Å². The van der Waals surface area contributed by atoms with Gasteiger partial charge in [0.15, 0.2) is 0 Å². The molecule has 0 saturated carbocycles. The minimum absolute atomic E-state index is 0.0911. The SMILES string of the molecule is COc1cccc(C[C@H](NC(=O)C[C@@H](O)CNC(=O)OCc2ccccc2)C(N)=O)c1. The Balaban J connectivity index is 1.75. The monoisotopic (exact) mass is 429 g/mol. The largest absolute Gasteiger partial charge is 0.497 e.